The summed E-state index contributed by atoms with van der Waals surface area (Å²) < 4.78 is 5.54. The maximum Gasteiger partial charge on any atom is 0.262 e. The average Bonchev–Trinajstić information content (AvgIpc) is 2.90. The van der Waals surface area contributed by atoms with Gasteiger partial charge < -0.3 is 10.1 Å². The van der Waals surface area contributed by atoms with Crippen molar-refractivity contribution in [3.8, 4) is 5.75 Å². The van der Waals surface area contributed by atoms with Crippen LogP contribution >= 0.6 is 0 Å². The first-order valence-electron chi connectivity index (χ1n) is 12.2. The Kier molecular flexibility index (Phi) is 8.65. The minimum absolute atomic E-state index is 0.0862. The number of benzene rings is 3. The Bertz CT molecular complexity index is 1090. The predicted molar refractivity (Wildman–Crippen MR) is 139 cm³/mol. The number of ether oxygens (including phenoxy) is 1. The van der Waals surface area contributed by atoms with Crippen molar-refractivity contribution in [2.75, 3.05) is 38.1 Å². The number of anilines is 1. The van der Waals surface area contributed by atoms with E-state index >= 15 is 0 Å². The lowest BCUT2D eigenvalue weighted by molar-refractivity contribution is -0.118. The van der Waals surface area contributed by atoms with Crippen molar-refractivity contribution in [2.45, 2.75) is 26.4 Å². The zero-order valence-corrected chi connectivity index (χ0v) is 20.3. The van der Waals surface area contributed by atoms with Crippen LogP contribution in [0.1, 0.15) is 34.8 Å². The number of carbonyl (C=O) groups excluding carboxylic acids is 2. The van der Waals surface area contributed by atoms with Crippen LogP contribution < -0.4 is 10.1 Å². The van der Waals surface area contributed by atoms with Gasteiger partial charge in [-0.15, -0.1) is 0 Å². The lowest BCUT2D eigenvalue weighted by atomic mass is 10.1. The van der Waals surface area contributed by atoms with Gasteiger partial charge in [-0.3, -0.25) is 19.4 Å². The molecule has 0 unspecified atom stereocenters. The molecule has 35 heavy (non-hydrogen) atoms. The first kappa shape index (κ1) is 24.6. The number of Topliss-reactive ketones (excluding diaryl/α,β-unsaturated/α-hetero) is 1. The van der Waals surface area contributed by atoms with Crippen LogP contribution in [0.15, 0.2) is 78.9 Å². The number of rotatable bonds is 10. The number of hydrogen-bond donors (Lipinski definition) is 1. The first-order chi connectivity index (χ1) is 17.1. The zero-order chi connectivity index (χ0) is 24.5. The molecule has 1 N–H and O–H groups in total. The number of carbonyl (C=O) groups is 2. The third kappa shape index (κ3) is 7.50. The molecular weight excluding hydrogens is 438 g/mol. The molecule has 6 heteroatoms. The number of ketones is 1. The third-order valence-corrected chi connectivity index (χ3v) is 6.23. The van der Waals surface area contributed by atoms with Crippen molar-refractivity contribution in [1.29, 1.82) is 0 Å². The van der Waals surface area contributed by atoms with E-state index in [1.807, 2.05) is 19.1 Å². The van der Waals surface area contributed by atoms with Gasteiger partial charge in [0.05, 0.1) is 0 Å². The SMILES string of the molecule is CCC(=O)c1ccc(OCC(=O)Nc2ccc(CN3CCN(Cc4ccccc4)CC3)cc2)cc1. The van der Waals surface area contributed by atoms with Crippen LogP contribution in [0.2, 0.25) is 0 Å². The van der Waals surface area contributed by atoms with Crippen LogP contribution in [-0.2, 0) is 17.9 Å². The summed E-state index contributed by atoms with van der Waals surface area (Å²) in [6.07, 6.45) is 0.465. The van der Waals surface area contributed by atoms with Crippen molar-refractivity contribution >= 4 is 17.4 Å². The molecule has 0 aliphatic carbocycles. The van der Waals surface area contributed by atoms with E-state index in [1.165, 1.54) is 11.1 Å². The van der Waals surface area contributed by atoms with Gasteiger partial charge in [0.25, 0.3) is 5.91 Å². The predicted octanol–water partition coefficient (Wildman–Crippen LogP) is 4.61. The topological polar surface area (TPSA) is 61.9 Å². The van der Waals surface area contributed by atoms with Gasteiger partial charge in [-0.1, -0.05) is 49.4 Å². The highest BCUT2D eigenvalue weighted by atomic mass is 16.5. The van der Waals surface area contributed by atoms with Crippen LogP contribution in [0.5, 0.6) is 5.75 Å². The Morgan fingerprint density at radius 2 is 1.34 bits per heavy atom. The molecule has 0 spiro atoms. The van der Waals surface area contributed by atoms with E-state index in [1.54, 1.807) is 24.3 Å². The Morgan fingerprint density at radius 3 is 1.91 bits per heavy atom. The molecule has 3 aromatic rings. The van der Waals surface area contributed by atoms with Crippen molar-refractivity contribution in [1.82, 2.24) is 9.80 Å². The summed E-state index contributed by atoms with van der Waals surface area (Å²) in [7, 11) is 0. The summed E-state index contributed by atoms with van der Waals surface area (Å²) in [6, 6.07) is 25.5. The van der Waals surface area contributed by atoms with E-state index in [4.69, 9.17) is 4.74 Å². The van der Waals surface area contributed by atoms with Crippen LogP contribution in [0.4, 0.5) is 5.69 Å². The minimum Gasteiger partial charge on any atom is -0.484 e. The Hall–Kier alpha value is -3.48. The molecule has 4 rings (SSSR count). The molecular formula is C29H33N3O3. The van der Waals surface area contributed by atoms with E-state index in [9.17, 15) is 9.59 Å². The van der Waals surface area contributed by atoms with E-state index in [0.717, 1.165) is 45.0 Å². The molecule has 1 amide bonds. The minimum atomic E-state index is -0.221. The second kappa shape index (κ2) is 12.3. The first-order valence-corrected chi connectivity index (χ1v) is 12.2. The molecule has 0 atom stereocenters. The fourth-order valence-corrected chi connectivity index (χ4v) is 4.19. The standard InChI is InChI=1S/C29H33N3O3/c1-2-28(33)25-10-14-27(15-11-25)35-22-29(34)30-26-12-8-24(9-13-26)21-32-18-16-31(17-19-32)20-23-6-4-3-5-7-23/h3-15H,2,16-22H2,1H3,(H,30,34). The van der Waals surface area contributed by atoms with Crippen molar-refractivity contribution in [2.24, 2.45) is 0 Å². The van der Waals surface area contributed by atoms with Crippen LogP contribution in [-0.4, -0.2) is 54.3 Å². The average molecular weight is 472 g/mol. The molecule has 6 nitrogen and oxygen atoms in total. The summed E-state index contributed by atoms with van der Waals surface area (Å²) in [4.78, 5) is 28.9. The van der Waals surface area contributed by atoms with Gasteiger partial charge in [-0.25, -0.2) is 0 Å². The van der Waals surface area contributed by atoms with E-state index in [2.05, 4.69) is 57.6 Å². The number of hydrogen-bond acceptors (Lipinski definition) is 5. The summed E-state index contributed by atoms with van der Waals surface area (Å²) >= 11 is 0. The van der Waals surface area contributed by atoms with Gasteiger partial charge in [-0.05, 0) is 47.5 Å². The molecule has 1 heterocycles. The lowest BCUT2D eigenvalue weighted by Crippen LogP contribution is -2.45. The largest absolute Gasteiger partial charge is 0.484 e. The van der Waals surface area contributed by atoms with Gasteiger partial charge in [0.15, 0.2) is 12.4 Å². The highest BCUT2D eigenvalue weighted by molar-refractivity contribution is 5.96. The highest BCUT2D eigenvalue weighted by Crippen LogP contribution is 2.16. The second-order valence-electron chi connectivity index (χ2n) is 8.87. The quantitative estimate of drug-likeness (QED) is 0.438. The van der Waals surface area contributed by atoms with E-state index < -0.39 is 0 Å². The second-order valence-corrected chi connectivity index (χ2v) is 8.87. The van der Waals surface area contributed by atoms with Gasteiger partial charge in [0.1, 0.15) is 5.75 Å². The van der Waals surface area contributed by atoms with Crippen molar-refractivity contribution in [3.63, 3.8) is 0 Å². The van der Waals surface area contributed by atoms with E-state index in [-0.39, 0.29) is 18.3 Å². The molecule has 0 saturated carbocycles. The van der Waals surface area contributed by atoms with Crippen LogP contribution in [0.25, 0.3) is 0 Å². The molecule has 0 radical (unpaired) electrons. The van der Waals surface area contributed by atoms with Crippen molar-refractivity contribution in [3.05, 3.63) is 95.6 Å². The smallest absolute Gasteiger partial charge is 0.262 e. The van der Waals surface area contributed by atoms with Gasteiger partial charge in [0.2, 0.25) is 0 Å². The zero-order valence-electron chi connectivity index (χ0n) is 20.3. The number of nitrogens with one attached hydrogen (secondary N) is 1. The molecule has 1 aliphatic rings. The van der Waals surface area contributed by atoms with E-state index in [0.29, 0.717) is 17.7 Å². The van der Waals surface area contributed by atoms with Crippen molar-refractivity contribution < 1.29 is 14.3 Å². The number of piperazine rings is 1. The fraction of sp³-hybridized carbons (Fsp3) is 0.310. The van der Waals surface area contributed by atoms with Gasteiger partial charge in [0, 0.05) is 56.9 Å². The lowest BCUT2D eigenvalue weighted by Gasteiger charge is -2.34. The highest BCUT2D eigenvalue weighted by Gasteiger charge is 2.17. The Balaban J connectivity index is 1.18. The third-order valence-electron chi connectivity index (χ3n) is 6.23. The Morgan fingerprint density at radius 1 is 0.771 bits per heavy atom. The molecule has 0 bridgehead atoms. The molecule has 0 aromatic heterocycles. The number of amides is 1. The normalized spacial score (nSPS) is 14.4. The summed E-state index contributed by atoms with van der Waals surface area (Å²) in [5.41, 5.74) is 4.00. The monoisotopic (exact) mass is 471 g/mol. The molecule has 1 fully saturated rings. The van der Waals surface area contributed by atoms with Gasteiger partial charge >= 0.3 is 0 Å². The summed E-state index contributed by atoms with van der Waals surface area (Å²) in [6.45, 7) is 7.91. The molecule has 1 aliphatic heterocycles. The van der Waals surface area contributed by atoms with Gasteiger partial charge in [-0.2, -0.15) is 0 Å². The maximum absolute atomic E-state index is 12.3. The molecule has 1 saturated heterocycles. The van der Waals surface area contributed by atoms with Crippen LogP contribution in [0, 0.1) is 0 Å². The molecule has 3 aromatic carbocycles. The number of nitrogens with zero attached hydrogens (tertiary/aromatic N) is 2. The maximum atomic E-state index is 12.3. The summed E-state index contributed by atoms with van der Waals surface area (Å²) in [5.74, 6) is 0.427. The Labute approximate surface area is 207 Å². The fourth-order valence-electron chi connectivity index (χ4n) is 4.19. The summed E-state index contributed by atoms with van der Waals surface area (Å²) in [5, 5.41) is 2.87. The van der Waals surface area contributed by atoms with Crippen LogP contribution in [0.3, 0.4) is 0 Å². The molecule has 182 valence electrons.